The smallest absolute Gasteiger partial charge is 0.291 e. The molecule has 0 atom stereocenters. The molecular formula is C28H21FN2O6. The van der Waals surface area contributed by atoms with Gasteiger partial charge in [0.15, 0.2) is 36.3 Å². The van der Waals surface area contributed by atoms with Crippen molar-refractivity contribution in [2.75, 3.05) is 23.4 Å². The lowest BCUT2D eigenvalue weighted by Gasteiger charge is -2.29. The van der Waals surface area contributed by atoms with E-state index in [0.717, 1.165) is 0 Å². The Hall–Kier alpha value is -4.92. The Morgan fingerprint density at radius 1 is 0.973 bits per heavy atom. The van der Waals surface area contributed by atoms with Gasteiger partial charge in [-0.3, -0.25) is 19.3 Å². The van der Waals surface area contributed by atoms with Crippen LogP contribution in [0.2, 0.25) is 0 Å². The monoisotopic (exact) mass is 500 g/mol. The number of Topliss-reactive ketones (excluding diaryl/α,β-unsaturated/α-hetero) is 1. The van der Waals surface area contributed by atoms with E-state index in [4.69, 9.17) is 13.9 Å². The predicted molar refractivity (Wildman–Crippen MR) is 132 cm³/mol. The van der Waals surface area contributed by atoms with Gasteiger partial charge in [0.1, 0.15) is 11.5 Å². The van der Waals surface area contributed by atoms with Gasteiger partial charge in [0, 0.05) is 11.3 Å². The van der Waals surface area contributed by atoms with Gasteiger partial charge in [-0.1, -0.05) is 30.3 Å². The highest BCUT2D eigenvalue weighted by molar-refractivity contribution is 6.03. The Morgan fingerprint density at radius 2 is 1.76 bits per heavy atom. The third kappa shape index (κ3) is 5.35. The summed E-state index contributed by atoms with van der Waals surface area (Å²) in [7, 11) is 0. The molecule has 37 heavy (non-hydrogen) atoms. The van der Waals surface area contributed by atoms with Crippen molar-refractivity contribution < 1.29 is 32.7 Å². The molecule has 5 rings (SSSR count). The summed E-state index contributed by atoms with van der Waals surface area (Å²) in [5, 5.41) is 2.74. The number of rotatable bonds is 8. The maximum Gasteiger partial charge on any atom is 0.291 e. The summed E-state index contributed by atoms with van der Waals surface area (Å²) in [6.45, 7) is -0.539. The minimum absolute atomic E-state index is 0.0250. The number of para-hydroxylation sites is 2. The van der Waals surface area contributed by atoms with Crippen molar-refractivity contribution >= 4 is 29.0 Å². The van der Waals surface area contributed by atoms with Crippen LogP contribution in [0.3, 0.4) is 0 Å². The number of ether oxygens (including phenoxy) is 2. The largest absolute Gasteiger partial charge is 0.482 e. The van der Waals surface area contributed by atoms with E-state index in [1.165, 1.54) is 35.2 Å². The zero-order chi connectivity index (χ0) is 25.8. The molecule has 1 aliphatic heterocycles. The first kappa shape index (κ1) is 23.8. The average Bonchev–Trinajstić information content (AvgIpc) is 3.39. The van der Waals surface area contributed by atoms with Crippen molar-refractivity contribution in [1.29, 1.82) is 0 Å². The molecule has 8 nitrogen and oxygen atoms in total. The number of nitrogens with zero attached hydrogens (tertiary/aromatic N) is 1. The number of carbonyl (C=O) groups is 3. The molecule has 0 unspecified atom stereocenters. The fourth-order valence-electron chi connectivity index (χ4n) is 3.79. The SMILES string of the molecule is O=C(COc1ccccc1F)c1ccc2c(c1)N(Cc1ccc(C(=O)Nc3ccccc3)o1)C(=O)CO2. The number of carbonyl (C=O) groups excluding carboxylic acids is 3. The van der Waals surface area contributed by atoms with Crippen LogP contribution in [0.4, 0.5) is 15.8 Å². The second-order valence-corrected chi connectivity index (χ2v) is 8.18. The first-order valence-electron chi connectivity index (χ1n) is 11.4. The number of furan rings is 1. The second-order valence-electron chi connectivity index (χ2n) is 8.18. The summed E-state index contributed by atoms with van der Waals surface area (Å²) in [5.41, 5.74) is 1.26. The van der Waals surface area contributed by atoms with E-state index in [1.807, 2.05) is 6.07 Å². The number of halogens is 1. The van der Waals surface area contributed by atoms with Gasteiger partial charge < -0.3 is 19.2 Å². The number of ketones is 1. The normalized spacial score (nSPS) is 12.5. The summed E-state index contributed by atoms with van der Waals surface area (Å²) < 4.78 is 30.3. The van der Waals surface area contributed by atoms with Crippen molar-refractivity contribution in [3.05, 3.63) is 108 Å². The van der Waals surface area contributed by atoms with Crippen LogP contribution in [0.5, 0.6) is 11.5 Å². The first-order chi connectivity index (χ1) is 18.0. The Balaban J connectivity index is 1.31. The molecule has 0 spiro atoms. The second kappa shape index (κ2) is 10.4. The van der Waals surface area contributed by atoms with Crippen LogP contribution in [0.25, 0.3) is 0 Å². The molecular weight excluding hydrogens is 479 g/mol. The topological polar surface area (TPSA) is 98.1 Å². The molecule has 186 valence electrons. The predicted octanol–water partition coefficient (Wildman–Crippen LogP) is 4.86. The molecule has 2 amide bonds. The maximum atomic E-state index is 13.8. The van der Waals surface area contributed by atoms with Crippen LogP contribution in [0.15, 0.2) is 89.3 Å². The molecule has 9 heteroatoms. The van der Waals surface area contributed by atoms with Gasteiger partial charge in [-0.25, -0.2) is 4.39 Å². The van der Waals surface area contributed by atoms with Crippen LogP contribution < -0.4 is 19.7 Å². The lowest BCUT2D eigenvalue weighted by atomic mass is 10.1. The highest BCUT2D eigenvalue weighted by Crippen LogP contribution is 2.34. The molecule has 0 radical (unpaired) electrons. The Kier molecular flexibility index (Phi) is 6.67. The van der Waals surface area contributed by atoms with Crippen LogP contribution in [-0.2, 0) is 11.3 Å². The van der Waals surface area contributed by atoms with E-state index in [9.17, 15) is 18.8 Å². The van der Waals surface area contributed by atoms with Gasteiger partial charge in [0.2, 0.25) is 0 Å². The molecule has 1 aliphatic rings. The fourth-order valence-corrected chi connectivity index (χ4v) is 3.79. The quantitative estimate of drug-likeness (QED) is 0.347. The highest BCUT2D eigenvalue weighted by atomic mass is 19.1. The molecule has 0 fully saturated rings. The number of anilines is 2. The van der Waals surface area contributed by atoms with Crippen molar-refractivity contribution in [2.24, 2.45) is 0 Å². The molecule has 1 N–H and O–H groups in total. The highest BCUT2D eigenvalue weighted by Gasteiger charge is 2.28. The molecule has 4 aromatic rings. The summed E-state index contributed by atoms with van der Waals surface area (Å²) in [6, 6.07) is 22.6. The van der Waals surface area contributed by atoms with E-state index in [-0.39, 0.29) is 42.7 Å². The minimum atomic E-state index is -0.568. The molecule has 0 saturated heterocycles. The third-order valence-electron chi connectivity index (χ3n) is 5.65. The van der Waals surface area contributed by atoms with Gasteiger partial charge in [-0.05, 0) is 54.6 Å². The standard InChI is InChI=1S/C28H21FN2O6/c29-21-8-4-5-9-24(21)35-16-23(32)18-10-12-25-22(14-18)31(27(33)17-36-25)15-20-11-13-26(37-20)28(34)30-19-6-2-1-3-7-19/h1-14H,15-17H2,(H,30,34). The minimum Gasteiger partial charge on any atom is -0.482 e. The van der Waals surface area contributed by atoms with E-state index < -0.39 is 17.5 Å². The molecule has 3 aromatic carbocycles. The van der Waals surface area contributed by atoms with Gasteiger partial charge >= 0.3 is 0 Å². The first-order valence-corrected chi connectivity index (χ1v) is 11.4. The third-order valence-corrected chi connectivity index (χ3v) is 5.65. The zero-order valence-corrected chi connectivity index (χ0v) is 19.5. The van der Waals surface area contributed by atoms with E-state index >= 15 is 0 Å². The van der Waals surface area contributed by atoms with Gasteiger partial charge in [-0.15, -0.1) is 0 Å². The lowest BCUT2D eigenvalue weighted by Crippen LogP contribution is -2.38. The Bertz CT molecular complexity index is 1470. The van der Waals surface area contributed by atoms with E-state index in [1.54, 1.807) is 48.5 Å². The Morgan fingerprint density at radius 3 is 2.57 bits per heavy atom. The van der Waals surface area contributed by atoms with Crippen LogP contribution >= 0.6 is 0 Å². The van der Waals surface area contributed by atoms with Gasteiger partial charge in [-0.2, -0.15) is 0 Å². The van der Waals surface area contributed by atoms with Crippen LogP contribution in [0, 0.1) is 5.82 Å². The molecule has 1 aromatic heterocycles. The molecule has 0 aliphatic carbocycles. The number of hydrogen-bond donors (Lipinski definition) is 1. The molecule has 0 bridgehead atoms. The maximum absolute atomic E-state index is 13.8. The molecule has 0 saturated carbocycles. The number of amides is 2. The fraction of sp³-hybridized carbons (Fsp3) is 0.107. The van der Waals surface area contributed by atoms with Gasteiger partial charge in [0.05, 0.1) is 12.2 Å². The zero-order valence-electron chi connectivity index (χ0n) is 19.5. The van der Waals surface area contributed by atoms with Crippen molar-refractivity contribution in [3.8, 4) is 11.5 Å². The van der Waals surface area contributed by atoms with E-state index in [2.05, 4.69) is 5.32 Å². The number of nitrogens with one attached hydrogen (secondary N) is 1. The van der Waals surface area contributed by atoms with Crippen molar-refractivity contribution in [3.63, 3.8) is 0 Å². The Labute approximate surface area is 211 Å². The van der Waals surface area contributed by atoms with E-state index in [0.29, 0.717) is 22.9 Å². The summed E-state index contributed by atoms with van der Waals surface area (Å²) in [4.78, 5) is 39.4. The number of hydrogen-bond acceptors (Lipinski definition) is 6. The summed E-state index contributed by atoms with van der Waals surface area (Å²) in [6.07, 6.45) is 0. The number of benzene rings is 3. The lowest BCUT2D eigenvalue weighted by molar-refractivity contribution is -0.121. The van der Waals surface area contributed by atoms with Crippen molar-refractivity contribution in [1.82, 2.24) is 0 Å². The average molecular weight is 500 g/mol. The van der Waals surface area contributed by atoms with Crippen molar-refractivity contribution in [2.45, 2.75) is 6.54 Å². The molecule has 2 heterocycles. The van der Waals surface area contributed by atoms with Gasteiger partial charge in [0.25, 0.3) is 11.8 Å². The summed E-state index contributed by atoms with van der Waals surface area (Å²) in [5.74, 6) is -0.880. The summed E-state index contributed by atoms with van der Waals surface area (Å²) >= 11 is 0. The number of fused-ring (bicyclic) bond motifs is 1. The van der Waals surface area contributed by atoms with Crippen LogP contribution in [0.1, 0.15) is 26.7 Å². The van der Waals surface area contributed by atoms with Crippen LogP contribution in [-0.4, -0.2) is 30.8 Å².